The van der Waals surface area contributed by atoms with E-state index in [9.17, 15) is 4.39 Å². The lowest BCUT2D eigenvalue weighted by Gasteiger charge is -2.34. The van der Waals surface area contributed by atoms with Gasteiger partial charge in [0.1, 0.15) is 5.82 Å². The topological polar surface area (TPSA) is 38.0 Å². The Hall–Kier alpha value is -0.450. The van der Waals surface area contributed by atoms with E-state index < -0.39 is 0 Å². The van der Waals surface area contributed by atoms with Gasteiger partial charge in [0.2, 0.25) is 0 Å². The molecule has 1 fully saturated rings. The van der Waals surface area contributed by atoms with E-state index in [-0.39, 0.29) is 17.3 Å². The maximum atomic E-state index is 14.0. The fourth-order valence-corrected chi connectivity index (χ4v) is 3.53. The molecule has 0 spiro atoms. The Bertz CT molecular complexity index is 434. The standard InChI is InChI=1S/C14H20BrFN2/c1-14(2)7-3-4-11(14)13(18-17)10-8-9(15)5-6-12(10)16/h5-6,8,11,13,18H,3-4,7,17H2,1-2H3. The van der Waals surface area contributed by atoms with Crippen LogP contribution in [0, 0.1) is 17.2 Å². The molecule has 0 aromatic heterocycles. The van der Waals surface area contributed by atoms with E-state index in [4.69, 9.17) is 5.84 Å². The van der Waals surface area contributed by atoms with Gasteiger partial charge in [0.05, 0.1) is 6.04 Å². The summed E-state index contributed by atoms with van der Waals surface area (Å²) in [5.74, 6) is 5.87. The first-order valence-corrected chi connectivity index (χ1v) is 7.16. The zero-order valence-corrected chi connectivity index (χ0v) is 12.4. The van der Waals surface area contributed by atoms with Crippen LogP contribution in [0.1, 0.15) is 44.7 Å². The Balaban J connectivity index is 2.36. The van der Waals surface area contributed by atoms with E-state index in [1.54, 1.807) is 6.07 Å². The Morgan fingerprint density at radius 3 is 2.78 bits per heavy atom. The predicted octanol–water partition coefficient (Wildman–Crippen LogP) is 3.92. The highest BCUT2D eigenvalue weighted by Crippen LogP contribution is 2.48. The molecule has 1 saturated carbocycles. The average Bonchev–Trinajstić information content (AvgIpc) is 2.65. The summed E-state index contributed by atoms with van der Waals surface area (Å²) in [7, 11) is 0. The molecule has 2 nitrogen and oxygen atoms in total. The number of hydrazine groups is 1. The lowest BCUT2D eigenvalue weighted by Crippen LogP contribution is -2.38. The van der Waals surface area contributed by atoms with Crippen molar-refractivity contribution in [3.05, 3.63) is 34.1 Å². The van der Waals surface area contributed by atoms with Crippen molar-refractivity contribution < 1.29 is 4.39 Å². The molecule has 1 aliphatic carbocycles. The molecule has 1 aliphatic rings. The quantitative estimate of drug-likeness (QED) is 0.655. The molecule has 100 valence electrons. The van der Waals surface area contributed by atoms with Crippen LogP contribution < -0.4 is 11.3 Å². The van der Waals surface area contributed by atoms with Gasteiger partial charge in [-0.2, -0.15) is 0 Å². The molecule has 18 heavy (non-hydrogen) atoms. The highest BCUT2D eigenvalue weighted by atomic mass is 79.9. The minimum absolute atomic E-state index is 0.125. The summed E-state index contributed by atoms with van der Waals surface area (Å²) in [4.78, 5) is 0. The molecule has 1 aromatic rings. The molecule has 0 saturated heterocycles. The summed E-state index contributed by atoms with van der Waals surface area (Å²) in [6.07, 6.45) is 3.45. The zero-order valence-electron chi connectivity index (χ0n) is 10.8. The van der Waals surface area contributed by atoms with Crippen LogP contribution in [-0.4, -0.2) is 0 Å². The molecule has 0 radical (unpaired) electrons. The van der Waals surface area contributed by atoms with Crippen molar-refractivity contribution in [3.8, 4) is 0 Å². The van der Waals surface area contributed by atoms with Gasteiger partial charge >= 0.3 is 0 Å². The first kappa shape index (κ1) is 14.0. The van der Waals surface area contributed by atoms with Crippen molar-refractivity contribution in [1.29, 1.82) is 0 Å². The lowest BCUT2D eigenvalue weighted by molar-refractivity contribution is 0.195. The average molecular weight is 315 g/mol. The second-order valence-electron chi connectivity index (χ2n) is 5.80. The van der Waals surface area contributed by atoms with Crippen LogP contribution in [0.5, 0.6) is 0 Å². The van der Waals surface area contributed by atoms with Crippen LogP contribution in [-0.2, 0) is 0 Å². The van der Waals surface area contributed by atoms with Gasteiger partial charge in [0, 0.05) is 10.0 Å². The smallest absolute Gasteiger partial charge is 0.128 e. The van der Waals surface area contributed by atoms with Gasteiger partial charge in [-0.3, -0.25) is 11.3 Å². The van der Waals surface area contributed by atoms with Crippen LogP contribution >= 0.6 is 15.9 Å². The minimum atomic E-state index is -0.191. The molecular formula is C14H20BrFN2. The van der Waals surface area contributed by atoms with Gasteiger partial charge in [-0.25, -0.2) is 4.39 Å². The van der Waals surface area contributed by atoms with Gasteiger partial charge in [-0.05, 0) is 42.4 Å². The molecule has 0 amide bonds. The van der Waals surface area contributed by atoms with E-state index in [1.807, 2.05) is 6.07 Å². The van der Waals surface area contributed by atoms with Crippen LogP contribution in [0.2, 0.25) is 0 Å². The third kappa shape index (κ3) is 2.60. The SMILES string of the molecule is CC1(C)CCCC1C(NN)c1cc(Br)ccc1F. The summed E-state index contributed by atoms with van der Waals surface area (Å²) in [6, 6.07) is 4.91. The normalized spacial score (nSPS) is 24.2. The Morgan fingerprint density at radius 1 is 1.50 bits per heavy atom. The molecule has 0 aliphatic heterocycles. The van der Waals surface area contributed by atoms with Crippen molar-refractivity contribution in [1.82, 2.24) is 5.43 Å². The van der Waals surface area contributed by atoms with Crippen molar-refractivity contribution in [3.63, 3.8) is 0 Å². The third-order valence-electron chi connectivity index (χ3n) is 4.22. The van der Waals surface area contributed by atoms with Gasteiger partial charge in [-0.15, -0.1) is 0 Å². The van der Waals surface area contributed by atoms with Crippen LogP contribution in [0.15, 0.2) is 22.7 Å². The summed E-state index contributed by atoms with van der Waals surface area (Å²) in [5.41, 5.74) is 3.68. The molecule has 0 bridgehead atoms. The largest absolute Gasteiger partial charge is 0.271 e. The summed E-state index contributed by atoms with van der Waals surface area (Å²) < 4.78 is 14.9. The molecule has 2 rings (SSSR count). The van der Waals surface area contributed by atoms with Crippen LogP contribution in [0.25, 0.3) is 0 Å². The fraction of sp³-hybridized carbons (Fsp3) is 0.571. The molecule has 4 heteroatoms. The van der Waals surface area contributed by atoms with E-state index in [2.05, 4.69) is 35.2 Å². The van der Waals surface area contributed by atoms with E-state index >= 15 is 0 Å². The lowest BCUT2D eigenvalue weighted by atomic mass is 9.75. The minimum Gasteiger partial charge on any atom is -0.271 e. The summed E-state index contributed by atoms with van der Waals surface area (Å²) >= 11 is 3.40. The van der Waals surface area contributed by atoms with Crippen molar-refractivity contribution in [2.45, 2.75) is 39.2 Å². The number of rotatable bonds is 3. The number of hydrogen-bond donors (Lipinski definition) is 2. The van der Waals surface area contributed by atoms with Crippen molar-refractivity contribution >= 4 is 15.9 Å². The number of halogens is 2. The first-order chi connectivity index (χ1) is 8.45. The monoisotopic (exact) mass is 314 g/mol. The van der Waals surface area contributed by atoms with Gasteiger partial charge in [0.25, 0.3) is 0 Å². The molecule has 2 atom stereocenters. The number of hydrogen-bond acceptors (Lipinski definition) is 2. The summed E-state index contributed by atoms with van der Waals surface area (Å²) in [5, 5.41) is 0. The Kier molecular flexibility index (Phi) is 4.09. The maximum Gasteiger partial charge on any atom is 0.128 e. The second kappa shape index (κ2) is 5.27. The molecule has 3 N–H and O–H groups in total. The number of benzene rings is 1. The second-order valence-corrected chi connectivity index (χ2v) is 6.71. The third-order valence-corrected chi connectivity index (χ3v) is 4.71. The Morgan fingerprint density at radius 2 is 2.22 bits per heavy atom. The van der Waals surface area contributed by atoms with E-state index in [1.165, 1.54) is 18.9 Å². The molecular weight excluding hydrogens is 295 g/mol. The van der Waals surface area contributed by atoms with E-state index in [0.717, 1.165) is 10.9 Å². The fourth-order valence-electron chi connectivity index (χ4n) is 3.15. The first-order valence-electron chi connectivity index (χ1n) is 6.37. The number of nitrogens with one attached hydrogen (secondary N) is 1. The predicted molar refractivity (Wildman–Crippen MR) is 75.3 cm³/mol. The molecule has 1 aromatic carbocycles. The highest BCUT2D eigenvalue weighted by Gasteiger charge is 2.40. The maximum absolute atomic E-state index is 14.0. The molecule has 2 unspecified atom stereocenters. The van der Waals surface area contributed by atoms with Gasteiger partial charge < -0.3 is 0 Å². The number of nitrogens with two attached hydrogens (primary N) is 1. The van der Waals surface area contributed by atoms with Crippen LogP contribution in [0.3, 0.4) is 0 Å². The van der Waals surface area contributed by atoms with E-state index in [0.29, 0.717) is 11.5 Å². The molecule has 0 heterocycles. The summed E-state index contributed by atoms with van der Waals surface area (Å²) in [6.45, 7) is 4.48. The van der Waals surface area contributed by atoms with Crippen molar-refractivity contribution in [2.75, 3.05) is 0 Å². The Labute approximate surface area is 116 Å². The van der Waals surface area contributed by atoms with Gasteiger partial charge in [-0.1, -0.05) is 36.2 Å². The van der Waals surface area contributed by atoms with Gasteiger partial charge in [0.15, 0.2) is 0 Å². The van der Waals surface area contributed by atoms with Crippen LogP contribution in [0.4, 0.5) is 4.39 Å². The van der Waals surface area contributed by atoms with Crippen molar-refractivity contribution in [2.24, 2.45) is 17.2 Å². The zero-order chi connectivity index (χ0) is 13.3. The highest BCUT2D eigenvalue weighted by molar-refractivity contribution is 9.10.